The van der Waals surface area contributed by atoms with E-state index in [1.165, 1.54) is 10.1 Å². The zero-order valence-electron chi connectivity index (χ0n) is 18.6. The van der Waals surface area contributed by atoms with Gasteiger partial charge >= 0.3 is 5.69 Å². The van der Waals surface area contributed by atoms with Crippen LogP contribution in [0.2, 0.25) is 0 Å². The van der Waals surface area contributed by atoms with Gasteiger partial charge in [-0.2, -0.15) is 0 Å². The molecule has 0 aliphatic rings. The number of benzene rings is 2. The smallest absolute Gasteiger partial charge is 0.331 e. The molecule has 0 bridgehead atoms. The number of likely N-dealkylation sites (N-methyl/N-ethyl adjacent to an activating group) is 1. The molecule has 0 aliphatic heterocycles. The summed E-state index contributed by atoms with van der Waals surface area (Å²) in [5, 5.41) is 3.39. The van der Waals surface area contributed by atoms with Crippen LogP contribution < -0.4 is 16.6 Å². The van der Waals surface area contributed by atoms with E-state index in [4.69, 9.17) is 0 Å². The molecule has 0 aliphatic carbocycles. The number of fused-ring (bicyclic) bond motifs is 1. The summed E-state index contributed by atoms with van der Waals surface area (Å²) in [7, 11) is 3.94. The van der Waals surface area contributed by atoms with E-state index in [2.05, 4.69) is 41.4 Å². The third-order valence-corrected chi connectivity index (χ3v) is 5.64. The van der Waals surface area contributed by atoms with Crippen molar-refractivity contribution in [3.8, 4) is 0 Å². The first-order chi connectivity index (χ1) is 14.9. The molecule has 0 saturated heterocycles. The van der Waals surface area contributed by atoms with E-state index >= 15 is 0 Å². The molecule has 3 aromatic rings. The Kier molecular flexibility index (Phi) is 7.07. The lowest BCUT2D eigenvalue weighted by molar-refractivity contribution is -0.121. The van der Waals surface area contributed by atoms with E-state index in [1.807, 2.05) is 14.1 Å². The monoisotopic (exact) mass is 422 g/mol. The average Bonchev–Trinajstić information content (AvgIpc) is 2.77. The van der Waals surface area contributed by atoms with Gasteiger partial charge in [-0.15, -0.1) is 0 Å². The number of para-hydroxylation sites is 1. The summed E-state index contributed by atoms with van der Waals surface area (Å²) >= 11 is 0. The maximum absolute atomic E-state index is 12.8. The van der Waals surface area contributed by atoms with Gasteiger partial charge in [0.15, 0.2) is 0 Å². The van der Waals surface area contributed by atoms with Gasteiger partial charge in [0.05, 0.1) is 16.9 Å². The first-order valence-electron chi connectivity index (χ1n) is 10.6. The highest BCUT2D eigenvalue weighted by Gasteiger charge is 2.18. The van der Waals surface area contributed by atoms with Crippen molar-refractivity contribution in [3.05, 3.63) is 80.5 Å². The molecule has 1 atom stereocenters. The maximum Gasteiger partial charge on any atom is 0.331 e. The summed E-state index contributed by atoms with van der Waals surface area (Å²) in [5.74, 6) is -0.273. The quantitative estimate of drug-likeness (QED) is 0.604. The first-order valence-corrected chi connectivity index (χ1v) is 10.6. The Labute approximate surface area is 181 Å². The van der Waals surface area contributed by atoms with Crippen LogP contribution >= 0.6 is 0 Å². The lowest BCUT2D eigenvalue weighted by Crippen LogP contribution is -2.43. The number of hydrogen-bond donors (Lipinski definition) is 1. The van der Waals surface area contributed by atoms with Crippen LogP contribution in [0.3, 0.4) is 0 Å². The minimum Gasteiger partial charge on any atom is -0.353 e. The van der Waals surface area contributed by atoms with Crippen molar-refractivity contribution in [3.63, 3.8) is 0 Å². The predicted molar refractivity (Wildman–Crippen MR) is 123 cm³/mol. The molecule has 1 aromatic heterocycles. The molecule has 0 fully saturated rings. The average molecular weight is 423 g/mol. The second-order valence-corrected chi connectivity index (χ2v) is 7.81. The van der Waals surface area contributed by atoms with Gasteiger partial charge in [-0.25, -0.2) is 4.79 Å². The largest absolute Gasteiger partial charge is 0.353 e. The standard InChI is InChI=1S/C24H30N4O3/c1-5-17-11-13-18(14-12-17)21(26(3)4)15-25-22(29)16-28-20-10-8-7-9-19(20)23(30)27(6-2)24(28)31/h7-14,21H,5-6,15-16H2,1-4H3,(H,25,29)/t21-/m1/s1. The zero-order chi connectivity index (χ0) is 22.5. The lowest BCUT2D eigenvalue weighted by Gasteiger charge is -2.25. The van der Waals surface area contributed by atoms with Crippen LogP contribution in [0.15, 0.2) is 58.1 Å². The summed E-state index contributed by atoms with van der Waals surface area (Å²) in [4.78, 5) is 40.2. The van der Waals surface area contributed by atoms with Crippen LogP contribution in [0.4, 0.5) is 0 Å². The molecule has 1 N–H and O–H groups in total. The van der Waals surface area contributed by atoms with E-state index in [1.54, 1.807) is 31.2 Å². The van der Waals surface area contributed by atoms with E-state index in [-0.39, 0.29) is 30.6 Å². The summed E-state index contributed by atoms with van der Waals surface area (Å²) in [6.07, 6.45) is 0.978. The Balaban J connectivity index is 1.82. The van der Waals surface area contributed by atoms with Gasteiger partial charge in [0.2, 0.25) is 5.91 Å². The third kappa shape index (κ3) is 4.77. The van der Waals surface area contributed by atoms with Crippen molar-refractivity contribution >= 4 is 16.8 Å². The normalized spacial score (nSPS) is 12.3. The van der Waals surface area contributed by atoms with Crippen LogP contribution in [0.5, 0.6) is 0 Å². The van der Waals surface area contributed by atoms with Gasteiger partial charge in [0.1, 0.15) is 6.54 Å². The molecule has 1 heterocycles. The number of hydrogen-bond acceptors (Lipinski definition) is 4. The lowest BCUT2D eigenvalue weighted by atomic mass is 10.0. The second-order valence-electron chi connectivity index (χ2n) is 7.81. The number of rotatable bonds is 8. The summed E-state index contributed by atoms with van der Waals surface area (Å²) in [5.41, 5.74) is 2.05. The first kappa shape index (κ1) is 22.5. The van der Waals surface area contributed by atoms with Crippen LogP contribution in [0.25, 0.3) is 10.9 Å². The molecule has 0 spiro atoms. The molecule has 164 valence electrons. The van der Waals surface area contributed by atoms with Crippen molar-refractivity contribution in [2.45, 2.75) is 39.4 Å². The number of nitrogens with zero attached hydrogens (tertiary/aromatic N) is 3. The number of carbonyl (C=O) groups excluding carboxylic acids is 1. The van der Waals surface area contributed by atoms with Crippen molar-refractivity contribution < 1.29 is 4.79 Å². The Morgan fingerprint density at radius 2 is 1.68 bits per heavy atom. The third-order valence-electron chi connectivity index (χ3n) is 5.64. The molecule has 31 heavy (non-hydrogen) atoms. The van der Waals surface area contributed by atoms with E-state index in [0.717, 1.165) is 16.6 Å². The van der Waals surface area contributed by atoms with Crippen LogP contribution in [0, 0.1) is 0 Å². The Hall–Kier alpha value is -3.19. The van der Waals surface area contributed by atoms with Crippen LogP contribution in [-0.2, 0) is 24.3 Å². The van der Waals surface area contributed by atoms with Crippen molar-refractivity contribution in [1.82, 2.24) is 19.4 Å². The molecular formula is C24H30N4O3. The van der Waals surface area contributed by atoms with Crippen molar-refractivity contribution in [2.75, 3.05) is 20.6 Å². The molecule has 2 aromatic carbocycles. The number of nitrogens with one attached hydrogen (secondary N) is 1. The van der Waals surface area contributed by atoms with Gasteiger partial charge in [-0.3, -0.25) is 18.7 Å². The van der Waals surface area contributed by atoms with E-state index < -0.39 is 5.69 Å². The molecule has 1 amide bonds. The maximum atomic E-state index is 12.8. The van der Waals surface area contributed by atoms with Crippen molar-refractivity contribution in [2.24, 2.45) is 0 Å². The predicted octanol–water partition coefficient (Wildman–Crippen LogP) is 2.16. The fraction of sp³-hybridized carbons (Fsp3) is 0.375. The number of aryl methyl sites for hydroxylation is 1. The molecule has 0 unspecified atom stereocenters. The molecule has 7 heteroatoms. The minimum atomic E-state index is -0.472. The number of carbonyl (C=O) groups is 1. The zero-order valence-corrected chi connectivity index (χ0v) is 18.6. The topological polar surface area (TPSA) is 76.3 Å². The Morgan fingerprint density at radius 3 is 2.29 bits per heavy atom. The summed E-state index contributed by atoms with van der Waals surface area (Å²) in [6.45, 7) is 4.38. The number of amides is 1. The SMILES string of the molecule is CCc1ccc([C@@H](CNC(=O)Cn2c(=O)n(CC)c(=O)c3ccccc32)N(C)C)cc1. The van der Waals surface area contributed by atoms with E-state index in [0.29, 0.717) is 17.4 Å². The molecular weight excluding hydrogens is 392 g/mol. The fourth-order valence-corrected chi connectivity index (χ4v) is 3.79. The Morgan fingerprint density at radius 1 is 1.00 bits per heavy atom. The van der Waals surface area contributed by atoms with Gasteiger partial charge < -0.3 is 10.2 Å². The van der Waals surface area contributed by atoms with Gasteiger partial charge in [-0.05, 0) is 50.7 Å². The highest BCUT2D eigenvalue weighted by Crippen LogP contribution is 2.18. The molecule has 7 nitrogen and oxygen atoms in total. The van der Waals surface area contributed by atoms with Crippen LogP contribution in [0.1, 0.15) is 31.0 Å². The molecule has 3 rings (SSSR count). The highest BCUT2D eigenvalue weighted by molar-refractivity contribution is 5.81. The summed E-state index contributed by atoms with van der Waals surface area (Å²) < 4.78 is 2.53. The van der Waals surface area contributed by atoms with Crippen molar-refractivity contribution in [1.29, 1.82) is 0 Å². The fourth-order valence-electron chi connectivity index (χ4n) is 3.79. The highest BCUT2D eigenvalue weighted by atomic mass is 16.2. The van der Waals surface area contributed by atoms with Gasteiger partial charge in [0, 0.05) is 13.1 Å². The molecule has 0 saturated carbocycles. The van der Waals surface area contributed by atoms with E-state index in [9.17, 15) is 14.4 Å². The van der Waals surface area contributed by atoms with Gasteiger partial charge in [0.25, 0.3) is 5.56 Å². The van der Waals surface area contributed by atoms with Crippen LogP contribution in [-0.4, -0.2) is 40.6 Å². The second kappa shape index (κ2) is 9.75. The molecule has 0 radical (unpaired) electrons. The van der Waals surface area contributed by atoms with Gasteiger partial charge in [-0.1, -0.05) is 43.3 Å². The Bertz CT molecular complexity index is 1180. The minimum absolute atomic E-state index is 0.00733. The summed E-state index contributed by atoms with van der Waals surface area (Å²) in [6, 6.07) is 15.3. The number of aromatic nitrogens is 2.